The van der Waals surface area contributed by atoms with Crippen molar-refractivity contribution in [2.75, 3.05) is 0 Å². The van der Waals surface area contributed by atoms with Gasteiger partial charge >= 0.3 is 6.09 Å². The number of ether oxygens (including phenoxy) is 1. The molecule has 34 heavy (non-hydrogen) atoms. The van der Waals surface area contributed by atoms with Crippen molar-refractivity contribution in [1.82, 2.24) is 4.90 Å². The molecular formula is C29H37NO3Si. The number of amides is 1. The van der Waals surface area contributed by atoms with Crippen LogP contribution in [0.5, 0.6) is 0 Å². The summed E-state index contributed by atoms with van der Waals surface area (Å²) in [5.74, 6) is 3.01. The monoisotopic (exact) mass is 475 g/mol. The van der Waals surface area contributed by atoms with E-state index in [1.54, 1.807) is 4.90 Å². The second-order valence-corrected chi connectivity index (χ2v) is 15.9. The minimum atomic E-state index is -2.68. The number of carbonyl (C=O) groups excluding carboxylic acids is 1. The fourth-order valence-electron chi connectivity index (χ4n) is 5.83. The van der Waals surface area contributed by atoms with Crippen molar-refractivity contribution in [3.05, 3.63) is 60.7 Å². The minimum absolute atomic E-state index is 0.00367. The highest BCUT2D eigenvalue weighted by Crippen LogP contribution is 2.48. The van der Waals surface area contributed by atoms with Crippen LogP contribution in [-0.4, -0.2) is 43.1 Å². The molecule has 2 aliphatic rings. The quantitative estimate of drug-likeness (QED) is 0.463. The number of hydrogen-bond donors (Lipinski definition) is 0. The summed E-state index contributed by atoms with van der Waals surface area (Å²) >= 11 is 0. The first kappa shape index (κ1) is 24.6. The van der Waals surface area contributed by atoms with Crippen LogP contribution in [0, 0.1) is 18.3 Å². The molecule has 1 saturated heterocycles. The Morgan fingerprint density at radius 2 is 1.47 bits per heavy atom. The van der Waals surface area contributed by atoms with Crippen LogP contribution in [0.1, 0.15) is 54.4 Å². The zero-order valence-electron chi connectivity index (χ0n) is 21.2. The van der Waals surface area contributed by atoms with E-state index in [2.05, 4.69) is 87.4 Å². The van der Waals surface area contributed by atoms with Crippen molar-refractivity contribution in [1.29, 1.82) is 0 Å². The highest BCUT2D eigenvalue weighted by Gasteiger charge is 2.59. The third-order valence-corrected chi connectivity index (χ3v) is 12.2. The van der Waals surface area contributed by atoms with Gasteiger partial charge in [-0.25, -0.2) is 4.79 Å². The Balaban J connectivity index is 1.71. The van der Waals surface area contributed by atoms with Crippen LogP contribution in [0.15, 0.2) is 60.7 Å². The first-order valence-electron chi connectivity index (χ1n) is 12.2. The average Bonchev–Trinajstić information content (AvgIpc) is 3.34. The molecule has 0 radical (unpaired) electrons. The molecule has 1 heterocycles. The van der Waals surface area contributed by atoms with Gasteiger partial charge in [-0.15, -0.1) is 6.42 Å². The number of hydrogen-bond acceptors (Lipinski definition) is 3. The summed E-state index contributed by atoms with van der Waals surface area (Å²) in [6.45, 7) is 12.5. The van der Waals surface area contributed by atoms with Gasteiger partial charge in [0.2, 0.25) is 0 Å². The van der Waals surface area contributed by atoms with Crippen molar-refractivity contribution in [2.45, 2.75) is 83.2 Å². The van der Waals surface area contributed by atoms with Gasteiger partial charge in [0.25, 0.3) is 8.32 Å². The molecule has 180 valence electrons. The number of benzene rings is 2. The summed E-state index contributed by atoms with van der Waals surface area (Å²) in [4.78, 5) is 14.8. The lowest BCUT2D eigenvalue weighted by molar-refractivity contribution is 0.000822. The standard InChI is InChI=1S/C29H37NO3Si/c1-8-25-24-19-21(30(25)27(31)32-28(2,3)4)20-26(24)33-34(29(5,6)7,22-15-11-9-12-16-22)23-17-13-10-14-18-23/h1,9-18,21,24-26H,19-20H2,2-7H3/t21-,24-,25+,26-/m1/s1. The number of carbonyl (C=O) groups is 1. The van der Waals surface area contributed by atoms with Crippen LogP contribution in [-0.2, 0) is 9.16 Å². The van der Waals surface area contributed by atoms with E-state index in [1.165, 1.54) is 10.4 Å². The summed E-state index contributed by atoms with van der Waals surface area (Å²) in [6.07, 6.45) is 7.33. The summed E-state index contributed by atoms with van der Waals surface area (Å²) in [5.41, 5.74) is -0.553. The summed E-state index contributed by atoms with van der Waals surface area (Å²) in [6, 6.07) is 21.1. The van der Waals surface area contributed by atoms with Gasteiger partial charge in [0.1, 0.15) is 11.6 Å². The Bertz CT molecular complexity index is 1010. The van der Waals surface area contributed by atoms with Gasteiger partial charge in [0.15, 0.2) is 0 Å². The van der Waals surface area contributed by atoms with E-state index >= 15 is 0 Å². The van der Waals surface area contributed by atoms with Crippen molar-refractivity contribution >= 4 is 24.8 Å². The highest BCUT2D eigenvalue weighted by molar-refractivity contribution is 6.99. The molecule has 1 aliphatic carbocycles. The maximum atomic E-state index is 13.0. The first-order chi connectivity index (χ1) is 16.0. The molecule has 4 atom stereocenters. The number of nitrogens with zero attached hydrogens (tertiary/aromatic N) is 1. The van der Waals surface area contributed by atoms with Gasteiger partial charge in [-0.2, -0.15) is 0 Å². The van der Waals surface area contributed by atoms with Gasteiger partial charge in [-0.3, -0.25) is 4.90 Å². The third kappa shape index (κ3) is 4.30. The molecular weight excluding hydrogens is 438 g/mol. The van der Waals surface area contributed by atoms with Crippen molar-refractivity contribution in [3.8, 4) is 12.3 Å². The van der Waals surface area contributed by atoms with E-state index in [1.807, 2.05) is 20.8 Å². The van der Waals surface area contributed by atoms with Crippen LogP contribution < -0.4 is 10.4 Å². The molecule has 2 aromatic carbocycles. The molecule has 5 heteroatoms. The molecule has 1 aliphatic heterocycles. The van der Waals surface area contributed by atoms with Gasteiger partial charge < -0.3 is 9.16 Å². The normalized spacial score (nSPS) is 24.7. The molecule has 0 unspecified atom stereocenters. The van der Waals surface area contributed by atoms with E-state index in [-0.39, 0.29) is 35.2 Å². The first-order valence-corrected chi connectivity index (χ1v) is 14.1. The van der Waals surface area contributed by atoms with Crippen LogP contribution in [0.4, 0.5) is 4.79 Å². The number of terminal acetylenes is 1. The van der Waals surface area contributed by atoms with Crippen LogP contribution in [0.2, 0.25) is 5.04 Å². The van der Waals surface area contributed by atoms with Gasteiger partial charge in [0, 0.05) is 12.0 Å². The van der Waals surface area contributed by atoms with Crippen molar-refractivity contribution in [2.24, 2.45) is 5.92 Å². The number of likely N-dealkylation sites (tertiary alicyclic amines) is 1. The number of fused-ring (bicyclic) bond motifs is 2. The SMILES string of the molecule is C#C[C@H]1[C@H]2C[C@H](C[C@H]2O[Si](c2ccccc2)(c2ccccc2)C(C)(C)C)N1C(=O)OC(C)(C)C. The Labute approximate surface area is 205 Å². The summed E-state index contributed by atoms with van der Waals surface area (Å²) < 4.78 is 13.1. The Kier molecular flexibility index (Phi) is 6.44. The fourth-order valence-corrected chi connectivity index (χ4v) is 10.6. The van der Waals surface area contributed by atoms with E-state index in [9.17, 15) is 4.79 Å². The predicted octanol–water partition coefficient (Wildman–Crippen LogP) is 4.96. The fraction of sp³-hybridized carbons (Fsp3) is 0.483. The second-order valence-electron chi connectivity index (χ2n) is 11.6. The maximum absolute atomic E-state index is 13.0. The van der Waals surface area contributed by atoms with Crippen LogP contribution in [0.25, 0.3) is 0 Å². The Morgan fingerprint density at radius 1 is 0.941 bits per heavy atom. The molecule has 0 aromatic heterocycles. The molecule has 2 fully saturated rings. The van der Waals surface area contributed by atoms with Crippen LogP contribution >= 0.6 is 0 Å². The lowest BCUT2D eigenvalue weighted by Crippen LogP contribution is -2.68. The topological polar surface area (TPSA) is 38.8 Å². The number of rotatable bonds is 4. The van der Waals surface area contributed by atoms with Crippen molar-refractivity contribution in [3.63, 3.8) is 0 Å². The smallest absolute Gasteiger partial charge is 0.411 e. The zero-order valence-corrected chi connectivity index (χ0v) is 22.2. The van der Waals surface area contributed by atoms with Gasteiger partial charge in [0.05, 0.1) is 6.10 Å². The Hall–Kier alpha value is -2.55. The van der Waals surface area contributed by atoms with Gasteiger partial charge in [-0.05, 0) is 49.0 Å². The van der Waals surface area contributed by atoms with E-state index in [0.29, 0.717) is 0 Å². The highest BCUT2D eigenvalue weighted by atomic mass is 28.4. The van der Waals surface area contributed by atoms with Gasteiger partial charge in [-0.1, -0.05) is 87.4 Å². The molecule has 0 N–H and O–H groups in total. The minimum Gasteiger partial charge on any atom is -0.444 e. The zero-order chi connectivity index (χ0) is 24.7. The molecule has 2 bridgehead atoms. The average molecular weight is 476 g/mol. The molecule has 2 aromatic rings. The lowest BCUT2D eigenvalue weighted by Gasteiger charge is -2.47. The van der Waals surface area contributed by atoms with E-state index < -0.39 is 13.9 Å². The largest absolute Gasteiger partial charge is 0.444 e. The molecule has 1 amide bonds. The molecule has 4 rings (SSSR count). The van der Waals surface area contributed by atoms with Crippen LogP contribution in [0.3, 0.4) is 0 Å². The second kappa shape index (κ2) is 8.91. The summed E-state index contributed by atoms with van der Waals surface area (Å²) in [7, 11) is -2.68. The number of piperidine rings is 1. The molecule has 1 saturated carbocycles. The molecule has 4 nitrogen and oxygen atoms in total. The summed E-state index contributed by atoms with van der Waals surface area (Å²) in [5, 5.41) is 2.42. The van der Waals surface area contributed by atoms with Crippen molar-refractivity contribution < 1.29 is 14.0 Å². The van der Waals surface area contributed by atoms with E-state index in [0.717, 1.165) is 12.8 Å². The van der Waals surface area contributed by atoms with E-state index in [4.69, 9.17) is 15.6 Å². The predicted molar refractivity (Wildman–Crippen MR) is 140 cm³/mol. The lowest BCUT2D eigenvalue weighted by atomic mass is 9.97. The molecule has 0 spiro atoms. The third-order valence-electron chi connectivity index (χ3n) is 7.14. The Morgan fingerprint density at radius 3 is 1.91 bits per heavy atom. The maximum Gasteiger partial charge on any atom is 0.411 e.